The van der Waals surface area contributed by atoms with Crippen molar-refractivity contribution in [3.63, 3.8) is 0 Å². The largest absolute Gasteiger partial charge is 0.372 e. The number of nitrogens with two attached hydrogens (primary N) is 1. The van der Waals surface area contributed by atoms with Gasteiger partial charge in [0.05, 0.1) is 17.6 Å². The number of anilines is 1. The summed E-state index contributed by atoms with van der Waals surface area (Å²) in [5, 5.41) is 0. The zero-order chi connectivity index (χ0) is 13.0. The summed E-state index contributed by atoms with van der Waals surface area (Å²) >= 11 is 0. The minimum Gasteiger partial charge on any atom is -0.372 e. The lowest BCUT2D eigenvalue weighted by molar-refractivity contribution is 0.633. The van der Waals surface area contributed by atoms with Crippen molar-refractivity contribution in [2.75, 3.05) is 18.5 Å². The quantitative estimate of drug-likeness (QED) is 0.851. The van der Waals surface area contributed by atoms with Gasteiger partial charge in [0.15, 0.2) is 0 Å². The summed E-state index contributed by atoms with van der Waals surface area (Å²) in [4.78, 5) is 11.1. The van der Waals surface area contributed by atoms with E-state index in [0.717, 1.165) is 23.8 Å². The molecule has 1 heterocycles. The van der Waals surface area contributed by atoms with E-state index >= 15 is 0 Å². The van der Waals surface area contributed by atoms with E-state index in [-0.39, 0.29) is 0 Å². The molecule has 1 rings (SSSR count). The molecule has 2 N–H and O–H groups in total. The molecule has 96 valence electrons. The Morgan fingerprint density at radius 3 is 2.41 bits per heavy atom. The molecule has 0 amide bonds. The van der Waals surface area contributed by atoms with Crippen LogP contribution in [-0.4, -0.2) is 23.6 Å². The summed E-state index contributed by atoms with van der Waals surface area (Å²) in [6, 6.07) is 0. The van der Waals surface area contributed by atoms with Crippen LogP contribution in [-0.2, 0) is 6.54 Å². The molecular weight excluding hydrogens is 212 g/mol. The fourth-order valence-electron chi connectivity index (χ4n) is 1.82. The van der Waals surface area contributed by atoms with Gasteiger partial charge in [0.25, 0.3) is 0 Å². The van der Waals surface area contributed by atoms with Crippen LogP contribution in [0, 0.1) is 5.92 Å². The minimum atomic E-state index is 0.338. The third kappa shape index (κ3) is 3.66. The van der Waals surface area contributed by atoms with Crippen LogP contribution < -0.4 is 10.6 Å². The zero-order valence-electron chi connectivity index (χ0n) is 11.6. The summed E-state index contributed by atoms with van der Waals surface area (Å²) in [5.41, 5.74) is 7.76. The van der Waals surface area contributed by atoms with Gasteiger partial charge < -0.3 is 10.6 Å². The van der Waals surface area contributed by atoms with Crippen molar-refractivity contribution in [2.24, 2.45) is 11.7 Å². The SMILES string of the molecule is CC(C)CN(C)c1cnc(C(C)C)nc1CN. The maximum atomic E-state index is 5.77. The van der Waals surface area contributed by atoms with Gasteiger partial charge >= 0.3 is 0 Å². The third-order valence-corrected chi connectivity index (χ3v) is 2.62. The smallest absolute Gasteiger partial charge is 0.131 e. The number of rotatable bonds is 5. The molecule has 0 saturated carbocycles. The van der Waals surface area contributed by atoms with Gasteiger partial charge in [-0.1, -0.05) is 27.7 Å². The molecule has 0 bridgehead atoms. The van der Waals surface area contributed by atoms with Crippen LogP contribution in [0.5, 0.6) is 0 Å². The summed E-state index contributed by atoms with van der Waals surface area (Å²) < 4.78 is 0. The van der Waals surface area contributed by atoms with Crippen LogP contribution in [0.2, 0.25) is 0 Å². The van der Waals surface area contributed by atoms with Gasteiger partial charge in [0.1, 0.15) is 5.82 Å². The second kappa shape index (κ2) is 5.96. The number of hydrogen-bond acceptors (Lipinski definition) is 4. The molecule has 0 aliphatic carbocycles. The van der Waals surface area contributed by atoms with E-state index in [9.17, 15) is 0 Å². The Bertz CT molecular complexity index is 360. The van der Waals surface area contributed by atoms with E-state index in [1.807, 2.05) is 6.20 Å². The maximum absolute atomic E-state index is 5.77. The molecule has 0 radical (unpaired) electrons. The Balaban J connectivity index is 2.99. The van der Waals surface area contributed by atoms with E-state index < -0.39 is 0 Å². The van der Waals surface area contributed by atoms with Crippen LogP contribution >= 0.6 is 0 Å². The van der Waals surface area contributed by atoms with Crippen molar-refractivity contribution >= 4 is 5.69 Å². The highest BCUT2D eigenvalue weighted by Gasteiger charge is 2.12. The Kier molecular flexibility index (Phi) is 4.87. The molecule has 4 nitrogen and oxygen atoms in total. The molecule has 0 spiro atoms. The highest BCUT2D eigenvalue weighted by Crippen LogP contribution is 2.19. The van der Waals surface area contributed by atoms with Crippen molar-refractivity contribution in [3.05, 3.63) is 17.7 Å². The van der Waals surface area contributed by atoms with Gasteiger partial charge in [0.2, 0.25) is 0 Å². The molecular formula is C13H24N4. The molecule has 1 aromatic rings. The van der Waals surface area contributed by atoms with E-state index in [1.54, 1.807) is 0 Å². The molecule has 0 aliphatic rings. The maximum Gasteiger partial charge on any atom is 0.131 e. The van der Waals surface area contributed by atoms with E-state index in [2.05, 4.69) is 49.6 Å². The lowest BCUT2D eigenvalue weighted by Gasteiger charge is -2.23. The predicted molar refractivity (Wildman–Crippen MR) is 72.1 cm³/mol. The van der Waals surface area contributed by atoms with Crippen LogP contribution in [0.1, 0.15) is 45.1 Å². The number of nitrogens with zero attached hydrogens (tertiary/aromatic N) is 3. The topological polar surface area (TPSA) is 55.0 Å². The molecule has 4 heteroatoms. The van der Waals surface area contributed by atoms with Gasteiger partial charge in [0, 0.05) is 26.1 Å². The standard InChI is InChI=1S/C13H24N4/c1-9(2)8-17(5)12-7-15-13(10(3)4)16-11(12)6-14/h7,9-10H,6,8,14H2,1-5H3. The van der Waals surface area contributed by atoms with Crippen LogP contribution in [0.15, 0.2) is 6.20 Å². The van der Waals surface area contributed by atoms with Gasteiger partial charge in [-0.3, -0.25) is 0 Å². The lowest BCUT2D eigenvalue weighted by atomic mass is 10.1. The zero-order valence-corrected chi connectivity index (χ0v) is 11.6. The molecule has 0 saturated heterocycles. The fraction of sp³-hybridized carbons (Fsp3) is 0.692. The van der Waals surface area contributed by atoms with Crippen molar-refractivity contribution < 1.29 is 0 Å². The van der Waals surface area contributed by atoms with E-state index in [4.69, 9.17) is 5.73 Å². The first kappa shape index (κ1) is 13.9. The summed E-state index contributed by atoms with van der Waals surface area (Å²) in [5.74, 6) is 1.81. The highest BCUT2D eigenvalue weighted by atomic mass is 15.1. The molecule has 1 aromatic heterocycles. The predicted octanol–water partition coefficient (Wildman–Crippen LogP) is 2.15. The minimum absolute atomic E-state index is 0.338. The number of aromatic nitrogens is 2. The van der Waals surface area contributed by atoms with Crippen LogP contribution in [0.3, 0.4) is 0 Å². The van der Waals surface area contributed by atoms with Crippen molar-refractivity contribution in [1.82, 2.24) is 9.97 Å². The molecule has 0 unspecified atom stereocenters. The average molecular weight is 236 g/mol. The molecule has 0 fully saturated rings. The first-order valence-corrected chi connectivity index (χ1v) is 6.22. The van der Waals surface area contributed by atoms with Gasteiger partial charge in [-0.25, -0.2) is 9.97 Å². The summed E-state index contributed by atoms with van der Waals surface area (Å²) in [6.45, 7) is 10.0. The van der Waals surface area contributed by atoms with Gasteiger partial charge in [-0.15, -0.1) is 0 Å². The van der Waals surface area contributed by atoms with Gasteiger partial charge in [-0.05, 0) is 5.92 Å². The second-order valence-electron chi connectivity index (χ2n) is 5.19. The van der Waals surface area contributed by atoms with Crippen molar-refractivity contribution in [1.29, 1.82) is 0 Å². The van der Waals surface area contributed by atoms with Crippen LogP contribution in [0.4, 0.5) is 5.69 Å². The fourth-order valence-corrected chi connectivity index (χ4v) is 1.82. The second-order valence-corrected chi connectivity index (χ2v) is 5.19. The van der Waals surface area contributed by atoms with E-state index in [1.165, 1.54) is 0 Å². The van der Waals surface area contributed by atoms with E-state index in [0.29, 0.717) is 18.4 Å². The first-order chi connectivity index (χ1) is 7.95. The summed E-state index contributed by atoms with van der Waals surface area (Å²) in [7, 11) is 2.06. The molecule has 17 heavy (non-hydrogen) atoms. The molecule has 0 aliphatic heterocycles. The Morgan fingerprint density at radius 2 is 1.94 bits per heavy atom. The average Bonchev–Trinajstić information content (AvgIpc) is 2.27. The van der Waals surface area contributed by atoms with Gasteiger partial charge in [-0.2, -0.15) is 0 Å². The Morgan fingerprint density at radius 1 is 1.29 bits per heavy atom. The third-order valence-electron chi connectivity index (χ3n) is 2.62. The van der Waals surface area contributed by atoms with Crippen LogP contribution in [0.25, 0.3) is 0 Å². The normalized spacial score (nSPS) is 11.3. The first-order valence-electron chi connectivity index (χ1n) is 6.22. The Labute approximate surface area is 104 Å². The Hall–Kier alpha value is -1.16. The summed E-state index contributed by atoms with van der Waals surface area (Å²) in [6.07, 6.45) is 1.90. The highest BCUT2D eigenvalue weighted by molar-refractivity contribution is 5.48. The monoisotopic (exact) mass is 236 g/mol. The van der Waals surface area contributed by atoms with Crippen molar-refractivity contribution in [3.8, 4) is 0 Å². The lowest BCUT2D eigenvalue weighted by Crippen LogP contribution is -2.25. The van der Waals surface area contributed by atoms with Crippen molar-refractivity contribution in [2.45, 2.75) is 40.2 Å². The molecule has 0 atom stereocenters. The number of hydrogen-bond donors (Lipinski definition) is 1. The molecule has 0 aromatic carbocycles.